The van der Waals surface area contributed by atoms with E-state index in [4.69, 9.17) is 30.5 Å². The van der Waals surface area contributed by atoms with Gasteiger partial charge in [0.15, 0.2) is 30.5 Å². The molecule has 0 saturated carbocycles. The maximum absolute atomic E-state index is 12.3. The molecule has 0 N–H and O–H groups in total. The predicted octanol–water partition coefficient (Wildman–Crippen LogP) is 4.32. The number of ketones is 1. The van der Waals surface area contributed by atoms with Gasteiger partial charge < -0.3 is 18.9 Å². The van der Waals surface area contributed by atoms with E-state index in [1.54, 1.807) is 24.3 Å². The van der Waals surface area contributed by atoms with Crippen LogP contribution in [0.2, 0.25) is 5.02 Å². The van der Waals surface area contributed by atoms with Gasteiger partial charge in [-0.3, -0.25) is 4.79 Å². The van der Waals surface area contributed by atoms with Crippen LogP contribution < -0.4 is 14.2 Å². The van der Waals surface area contributed by atoms with E-state index in [9.17, 15) is 9.59 Å². The van der Waals surface area contributed by atoms with Gasteiger partial charge >= 0.3 is 5.97 Å². The molecule has 3 aromatic rings. The normalized spacial score (nSPS) is 10.4. The van der Waals surface area contributed by atoms with E-state index in [2.05, 4.69) is 0 Å². The third kappa shape index (κ3) is 4.78. The monoisotopic (exact) mass is 414 g/mol. The number of halogens is 1. The van der Waals surface area contributed by atoms with Crippen LogP contribution in [-0.4, -0.2) is 39.2 Å². The van der Waals surface area contributed by atoms with Crippen molar-refractivity contribution in [3.8, 4) is 17.2 Å². The highest BCUT2D eigenvalue weighted by molar-refractivity contribution is 6.35. The molecule has 0 unspecified atom stereocenters. The molecular weight excluding hydrogens is 396 g/mol. The minimum atomic E-state index is -0.655. The summed E-state index contributed by atoms with van der Waals surface area (Å²) < 4.78 is 20.9. The first kappa shape index (κ1) is 20.5. The van der Waals surface area contributed by atoms with Crippen LogP contribution in [0, 0.1) is 0 Å². The lowest BCUT2D eigenvalue weighted by Crippen LogP contribution is -2.19. The topological polar surface area (TPSA) is 71.1 Å². The molecule has 0 aliphatic carbocycles. The molecule has 7 heteroatoms. The van der Waals surface area contributed by atoms with Gasteiger partial charge in [-0.2, -0.15) is 0 Å². The molecule has 0 radical (unpaired) electrons. The molecule has 0 aliphatic rings. The summed E-state index contributed by atoms with van der Waals surface area (Å²) in [6.07, 6.45) is 0. The number of hydrogen-bond donors (Lipinski definition) is 0. The molecular formula is C22H19ClO6. The summed E-state index contributed by atoms with van der Waals surface area (Å²) in [5, 5.41) is 2.20. The summed E-state index contributed by atoms with van der Waals surface area (Å²) in [6, 6.07) is 15.5. The summed E-state index contributed by atoms with van der Waals surface area (Å²) >= 11 is 6.17. The lowest BCUT2D eigenvalue weighted by atomic mass is 10.1. The SMILES string of the molecule is COc1ccc(C(=O)COC(=O)COc2ccc(Cl)c3ccccc23)cc1OC. The fourth-order valence-electron chi connectivity index (χ4n) is 2.78. The first-order chi connectivity index (χ1) is 14.0. The standard InChI is InChI=1S/C22H19ClO6/c1-26-20-9-7-14(11-21(20)27-2)18(24)12-29-22(25)13-28-19-10-8-17(23)15-5-3-4-6-16(15)19/h3-11H,12-13H2,1-2H3. The number of rotatable bonds is 8. The Morgan fingerprint density at radius 2 is 1.52 bits per heavy atom. The molecule has 0 atom stereocenters. The van der Waals surface area contributed by atoms with Crippen molar-refractivity contribution in [1.29, 1.82) is 0 Å². The summed E-state index contributed by atoms with van der Waals surface area (Å²) in [5.74, 6) is 0.412. The third-order valence-corrected chi connectivity index (χ3v) is 4.58. The number of Topliss-reactive ketones (excluding diaryl/α,β-unsaturated/α-hetero) is 1. The predicted molar refractivity (Wildman–Crippen MR) is 109 cm³/mol. The van der Waals surface area contributed by atoms with Crippen molar-refractivity contribution < 1.29 is 28.5 Å². The Morgan fingerprint density at radius 1 is 0.828 bits per heavy atom. The van der Waals surface area contributed by atoms with Crippen LogP contribution in [0.15, 0.2) is 54.6 Å². The molecule has 3 aromatic carbocycles. The molecule has 0 amide bonds. The molecule has 6 nitrogen and oxygen atoms in total. The summed E-state index contributed by atoms with van der Waals surface area (Å²) in [6.45, 7) is -0.732. The van der Waals surface area contributed by atoms with Crippen LogP contribution in [-0.2, 0) is 9.53 Å². The molecule has 0 aliphatic heterocycles. The van der Waals surface area contributed by atoms with Crippen molar-refractivity contribution >= 4 is 34.1 Å². The van der Waals surface area contributed by atoms with E-state index in [-0.39, 0.29) is 12.4 Å². The first-order valence-electron chi connectivity index (χ1n) is 8.74. The largest absolute Gasteiger partial charge is 0.493 e. The minimum absolute atomic E-state index is 0.329. The van der Waals surface area contributed by atoms with Crippen molar-refractivity contribution in [2.45, 2.75) is 0 Å². The number of fused-ring (bicyclic) bond motifs is 1. The number of ether oxygens (including phenoxy) is 4. The number of methoxy groups -OCH3 is 2. The van der Waals surface area contributed by atoms with Crippen LogP contribution in [0.3, 0.4) is 0 Å². The molecule has 0 heterocycles. The molecule has 0 bridgehead atoms. The van der Waals surface area contributed by atoms with Gasteiger partial charge in [-0.05, 0) is 30.3 Å². The van der Waals surface area contributed by atoms with Crippen LogP contribution in [0.1, 0.15) is 10.4 Å². The molecule has 0 saturated heterocycles. The first-order valence-corrected chi connectivity index (χ1v) is 9.12. The lowest BCUT2D eigenvalue weighted by Gasteiger charge is -2.11. The van der Waals surface area contributed by atoms with E-state index < -0.39 is 12.6 Å². The highest BCUT2D eigenvalue weighted by atomic mass is 35.5. The molecule has 3 rings (SSSR count). The van der Waals surface area contributed by atoms with E-state index >= 15 is 0 Å². The average molecular weight is 415 g/mol. The van der Waals surface area contributed by atoms with Crippen molar-refractivity contribution in [2.24, 2.45) is 0 Å². The van der Waals surface area contributed by atoms with Gasteiger partial charge in [0, 0.05) is 21.4 Å². The van der Waals surface area contributed by atoms with Gasteiger partial charge in [0.1, 0.15) is 5.75 Å². The highest BCUT2D eigenvalue weighted by Gasteiger charge is 2.14. The number of hydrogen-bond acceptors (Lipinski definition) is 6. The second-order valence-corrected chi connectivity index (χ2v) is 6.44. The zero-order valence-electron chi connectivity index (χ0n) is 15.9. The average Bonchev–Trinajstić information content (AvgIpc) is 2.76. The molecule has 0 fully saturated rings. The second kappa shape index (κ2) is 9.30. The Kier molecular flexibility index (Phi) is 6.57. The zero-order valence-corrected chi connectivity index (χ0v) is 16.7. The summed E-state index contributed by atoms with van der Waals surface area (Å²) in [4.78, 5) is 24.3. The van der Waals surface area contributed by atoms with Gasteiger partial charge in [-0.1, -0.05) is 35.9 Å². The lowest BCUT2D eigenvalue weighted by molar-refractivity contribution is -0.144. The van der Waals surface area contributed by atoms with Crippen LogP contribution in [0.25, 0.3) is 10.8 Å². The Labute approximate surface area is 172 Å². The van der Waals surface area contributed by atoms with E-state index in [1.807, 2.05) is 24.3 Å². The van der Waals surface area contributed by atoms with E-state index in [0.717, 1.165) is 10.8 Å². The third-order valence-electron chi connectivity index (χ3n) is 4.25. The van der Waals surface area contributed by atoms with E-state index in [1.165, 1.54) is 20.3 Å². The number of esters is 1. The van der Waals surface area contributed by atoms with E-state index in [0.29, 0.717) is 27.8 Å². The van der Waals surface area contributed by atoms with Crippen LogP contribution in [0.4, 0.5) is 0 Å². The van der Waals surface area contributed by atoms with Gasteiger partial charge in [0.25, 0.3) is 0 Å². The highest BCUT2D eigenvalue weighted by Crippen LogP contribution is 2.31. The molecule has 0 aromatic heterocycles. The fraction of sp³-hybridized carbons (Fsp3) is 0.182. The number of benzene rings is 3. The molecule has 150 valence electrons. The molecule has 29 heavy (non-hydrogen) atoms. The fourth-order valence-corrected chi connectivity index (χ4v) is 3.01. The van der Waals surface area contributed by atoms with Crippen molar-refractivity contribution in [1.82, 2.24) is 0 Å². The summed E-state index contributed by atoms with van der Waals surface area (Å²) in [7, 11) is 2.98. The molecule has 0 spiro atoms. The maximum Gasteiger partial charge on any atom is 0.344 e. The van der Waals surface area contributed by atoms with Crippen LogP contribution in [0.5, 0.6) is 17.2 Å². The zero-order chi connectivity index (χ0) is 20.8. The summed E-state index contributed by atoms with van der Waals surface area (Å²) in [5.41, 5.74) is 0.347. The Bertz CT molecular complexity index is 1050. The van der Waals surface area contributed by atoms with Gasteiger partial charge in [-0.25, -0.2) is 4.79 Å². The van der Waals surface area contributed by atoms with Gasteiger partial charge in [0.05, 0.1) is 14.2 Å². The Morgan fingerprint density at radius 3 is 2.24 bits per heavy atom. The second-order valence-electron chi connectivity index (χ2n) is 6.03. The Balaban J connectivity index is 1.58. The van der Waals surface area contributed by atoms with Crippen molar-refractivity contribution in [3.63, 3.8) is 0 Å². The minimum Gasteiger partial charge on any atom is -0.493 e. The van der Waals surface area contributed by atoms with Crippen molar-refractivity contribution in [3.05, 3.63) is 65.2 Å². The quantitative estimate of drug-likeness (QED) is 0.404. The van der Waals surface area contributed by atoms with Gasteiger partial charge in [-0.15, -0.1) is 0 Å². The smallest absolute Gasteiger partial charge is 0.344 e. The van der Waals surface area contributed by atoms with Gasteiger partial charge in [0.2, 0.25) is 0 Å². The number of carbonyl (C=O) groups excluding carboxylic acids is 2. The van der Waals surface area contributed by atoms with Crippen molar-refractivity contribution in [2.75, 3.05) is 27.4 Å². The van der Waals surface area contributed by atoms with Crippen LogP contribution >= 0.6 is 11.6 Å². The number of carbonyl (C=O) groups is 2. The maximum atomic E-state index is 12.3. The Hall–Kier alpha value is -3.25.